The number of ether oxygens (including phenoxy) is 3. The standard InChI is InChI=1S/C23H31F3N2O3S/c1-21(2,14-29-4)20-12-18(28(27-20)15-30-5)19-13-22(3,9-10-31-19)32-17-8-6-7-16(11-17)23(24,25)26/h6-8,11-12,19H,9-10,13-15H2,1-5H3. The number of aromatic nitrogens is 2. The van der Waals surface area contributed by atoms with Crippen molar-refractivity contribution in [2.45, 2.75) is 67.7 Å². The number of benzene rings is 1. The van der Waals surface area contributed by atoms with Gasteiger partial charge in [0.2, 0.25) is 0 Å². The zero-order valence-electron chi connectivity index (χ0n) is 19.2. The van der Waals surface area contributed by atoms with Gasteiger partial charge in [0.1, 0.15) is 12.8 Å². The molecule has 178 valence electrons. The van der Waals surface area contributed by atoms with Gasteiger partial charge in [-0.3, -0.25) is 0 Å². The number of nitrogens with zero attached hydrogens (tertiary/aromatic N) is 2. The van der Waals surface area contributed by atoms with Crippen molar-refractivity contribution in [2.75, 3.05) is 27.4 Å². The van der Waals surface area contributed by atoms with E-state index >= 15 is 0 Å². The molecule has 2 atom stereocenters. The number of hydrogen-bond acceptors (Lipinski definition) is 5. The Morgan fingerprint density at radius 1 is 1.22 bits per heavy atom. The minimum Gasteiger partial charge on any atom is -0.384 e. The average molecular weight is 473 g/mol. The molecule has 1 saturated heterocycles. The summed E-state index contributed by atoms with van der Waals surface area (Å²) in [6.07, 6.45) is -3.20. The van der Waals surface area contributed by atoms with Gasteiger partial charge in [-0.25, -0.2) is 4.68 Å². The lowest BCUT2D eigenvalue weighted by molar-refractivity contribution is -0.137. The van der Waals surface area contributed by atoms with Crippen LogP contribution in [0.4, 0.5) is 13.2 Å². The van der Waals surface area contributed by atoms with Crippen LogP contribution in [0, 0.1) is 0 Å². The number of alkyl halides is 3. The van der Waals surface area contributed by atoms with Crippen LogP contribution in [0.3, 0.4) is 0 Å². The Hall–Kier alpha value is -1.55. The summed E-state index contributed by atoms with van der Waals surface area (Å²) in [7, 11) is 3.27. The van der Waals surface area contributed by atoms with Crippen molar-refractivity contribution in [1.29, 1.82) is 0 Å². The molecule has 1 aromatic heterocycles. The molecule has 0 saturated carbocycles. The summed E-state index contributed by atoms with van der Waals surface area (Å²) in [5.41, 5.74) is 0.875. The van der Waals surface area contributed by atoms with Crippen molar-refractivity contribution in [3.63, 3.8) is 0 Å². The summed E-state index contributed by atoms with van der Waals surface area (Å²) in [5.74, 6) is 0. The molecule has 1 aromatic carbocycles. The van der Waals surface area contributed by atoms with Crippen molar-refractivity contribution in [3.8, 4) is 0 Å². The maximum Gasteiger partial charge on any atom is 0.416 e. The highest BCUT2D eigenvalue weighted by molar-refractivity contribution is 8.00. The van der Waals surface area contributed by atoms with Crippen LogP contribution in [0.25, 0.3) is 0 Å². The highest BCUT2D eigenvalue weighted by Gasteiger charge is 2.38. The first-order chi connectivity index (χ1) is 15.0. The summed E-state index contributed by atoms with van der Waals surface area (Å²) < 4.78 is 57.7. The smallest absolute Gasteiger partial charge is 0.384 e. The summed E-state index contributed by atoms with van der Waals surface area (Å²) >= 11 is 1.47. The van der Waals surface area contributed by atoms with E-state index in [9.17, 15) is 13.2 Å². The topological polar surface area (TPSA) is 45.5 Å². The van der Waals surface area contributed by atoms with Crippen molar-refractivity contribution >= 4 is 11.8 Å². The van der Waals surface area contributed by atoms with E-state index in [1.165, 1.54) is 23.9 Å². The first-order valence-corrected chi connectivity index (χ1v) is 11.3. The SMILES string of the molecule is COCn1nc(C(C)(C)COC)cc1C1CC(C)(Sc2cccc(C(F)(F)F)c2)CCO1. The van der Waals surface area contributed by atoms with Gasteiger partial charge in [0, 0.05) is 35.9 Å². The van der Waals surface area contributed by atoms with Crippen LogP contribution in [0.5, 0.6) is 0 Å². The number of hydrogen-bond donors (Lipinski definition) is 0. The van der Waals surface area contributed by atoms with Crippen LogP contribution in [-0.4, -0.2) is 42.0 Å². The molecule has 1 fully saturated rings. The predicted molar refractivity (Wildman–Crippen MR) is 118 cm³/mol. The number of rotatable bonds is 8. The highest BCUT2D eigenvalue weighted by atomic mass is 32.2. The molecule has 0 bridgehead atoms. The molecule has 2 unspecified atom stereocenters. The summed E-state index contributed by atoms with van der Waals surface area (Å²) in [5, 5.41) is 4.74. The second-order valence-corrected chi connectivity index (χ2v) is 10.7. The van der Waals surface area contributed by atoms with Gasteiger partial charge in [0.25, 0.3) is 0 Å². The van der Waals surface area contributed by atoms with Gasteiger partial charge < -0.3 is 14.2 Å². The van der Waals surface area contributed by atoms with E-state index in [2.05, 4.69) is 20.8 Å². The molecule has 0 aliphatic carbocycles. The zero-order chi connectivity index (χ0) is 23.6. The lowest BCUT2D eigenvalue weighted by atomic mass is 9.89. The Morgan fingerprint density at radius 3 is 2.62 bits per heavy atom. The molecule has 0 radical (unpaired) electrons. The number of halogens is 3. The Morgan fingerprint density at radius 2 is 1.97 bits per heavy atom. The Labute approximate surface area is 191 Å². The molecule has 5 nitrogen and oxygen atoms in total. The summed E-state index contributed by atoms with van der Waals surface area (Å²) in [4.78, 5) is 0.607. The first-order valence-electron chi connectivity index (χ1n) is 10.5. The van der Waals surface area contributed by atoms with Crippen molar-refractivity contribution in [2.24, 2.45) is 0 Å². The summed E-state index contributed by atoms with van der Waals surface area (Å²) in [6, 6.07) is 7.55. The molecular formula is C23H31F3N2O3S. The van der Waals surface area contributed by atoms with E-state index in [1.54, 1.807) is 25.0 Å². The van der Waals surface area contributed by atoms with Gasteiger partial charge in [-0.15, -0.1) is 11.8 Å². The molecule has 0 spiro atoms. The molecule has 1 aliphatic rings. The fourth-order valence-electron chi connectivity index (χ4n) is 3.95. The first kappa shape index (κ1) is 25.1. The van der Waals surface area contributed by atoms with Crippen LogP contribution in [0.2, 0.25) is 0 Å². The molecule has 3 rings (SSSR count). The fraction of sp³-hybridized carbons (Fsp3) is 0.609. The van der Waals surface area contributed by atoms with E-state index in [1.807, 2.05) is 6.07 Å². The molecule has 32 heavy (non-hydrogen) atoms. The maximum atomic E-state index is 13.1. The quantitative estimate of drug-likeness (QED) is 0.484. The summed E-state index contributed by atoms with van der Waals surface area (Å²) in [6.45, 7) is 7.54. The predicted octanol–water partition coefficient (Wildman–Crippen LogP) is 5.83. The van der Waals surface area contributed by atoms with Gasteiger partial charge in [-0.05, 0) is 44.0 Å². The second-order valence-electron chi connectivity index (χ2n) is 9.08. The number of methoxy groups -OCH3 is 2. The normalized spacial score (nSPS) is 22.3. The van der Waals surface area contributed by atoms with Crippen LogP contribution in [0.15, 0.2) is 35.2 Å². The third kappa shape index (κ3) is 5.87. The fourth-order valence-corrected chi connectivity index (χ4v) is 5.28. The van der Waals surface area contributed by atoms with Crippen molar-refractivity contribution in [1.82, 2.24) is 9.78 Å². The van der Waals surface area contributed by atoms with Crippen LogP contribution in [0.1, 0.15) is 56.7 Å². The maximum absolute atomic E-state index is 13.1. The van der Waals surface area contributed by atoms with Gasteiger partial charge in [0.15, 0.2) is 0 Å². The third-order valence-corrected chi connectivity index (χ3v) is 7.04. The molecule has 2 aromatic rings. The van der Waals surface area contributed by atoms with Crippen LogP contribution >= 0.6 is 11.8 Å². The lowest BCUT2D eigenvalue weighted by Gasteiger charge is -2.38. The largest absolute Gasteiger partial charge is 0.416 e. The number of thioether (sulfide) groups is 1. The molecule has 9 heteroatoms. The van der Waals surface area contributed by atoms with Gasteiger partial charge in [-0.1, -0.05) is 19.9 Å². The van der Waals surface area contributed by atoms with Gasteiger partial charge in [0.05, 0.1) is 23.6 Å². The zero-order valence-corrected chi connectivity index (χ0v) is 20.0. The average Bonchev–Trinajstić information content (AvgIpc) is 3.12. The molecule has 2 heterocycles. The molecule has 1 aliphatic heterocycles. The van der Waals surface area contributed by atoms with E-state index < -0.39 is 11.7 Å². The highest BCUT2D eigenvalue weighted by Crippen LogP contribution is 2.47. The van der Waals surface area contributed by atoms with Gasteiger partial charge >= 0.3 is 6.18 Å². The molecular weight excluding hydrogens is 441 g/mol. The second kappa shape index (κ2) is 9.75. The third-order valence-electron chi connectivity index (χ3n) is 5.68. The van der Waals surface area contributed by atoms with E-state index in [0.29, 0.717) is 24.5 Å². The Balaban J connectivity index is 1.84. The monoisotopic (exact) mass is 472 g/mol. The Bertz CT molecular complexity index is 916. The molecule has 0 amide bonds. The lowest BCUT2D eigenvalue weighted by Crippen LogP contribution is -2.32. The minimum atomic E-state index is -4.35. The van der Waals surface area contributed by atoms with E-state index in [0.717, 1.165) is 23.9 Å². The van der Waals surface area contributed by atoms with Crippen molar-refractivity contribution < 1.29 is 27.4 Å². The molecule has 0 N–H and O–H groups in total. The minimum absolute atomic E-state index is 0.234. The van der Waals surface area contributed by atoms with Crippen LogP contribution < -0.4 is 0 Å². The van der Waals surface area contributed by atoms with E-state index in [4.69, 9.17) is 19.3 Å². The van der Waals surface area contributed by atoms with Crippen LogP contribution in [-0.2, 0) is 32.5 Å². The van der Waals surface area contributed by atoms with E-state index in [-0.39, 0.29) is 23.0 Å². The Kier molecular flexibility index (Phi) is 7.64. The van der Waals surface area contributed by atoms with Crippen molar-refractivity contribution in [3.05, 3.63) is 47.3 Å². The van der Waals surface area contributed by atoms with Gasteiger partial charge in [-0.2, -0.15) is 18.3 Å².